The SMILES string of the molecule is COC(=O)C1CCN(C(=O)CSc2nccn2-c2ccccc2C(C)C)CC1. The second-order valence-corrected chi connectivity index (χ2v) is 8.20. The van der Waals surface area contributed by atoms with E-state index in [1.165, 1.54) is 24.4 Å². The molecule has 7 heteroatoms. The second kappa shape index (κ2) is 9.28. The minimum atomic E-state index is -0.174. The molecule has 0 atom stereocenters. The Bertz CT molecular complexity index is 826. The summed E-state index contributed by atoms with van der Waals surface area (Å²) in [6.07, 6.45) is 5.04. The van der Waals surface area contributed by atoms with Crippen molar-refractivity contribution in [2.45, 2.75) is 37.8 Å². The Kier molecular flexibility index (Phi) is 6.78. The van der Waals surface area contributed by atoms with Crippen LogP contribution in [0.25, 0.3) is 5.69 Å². The van der Waals surface area contributed by atoms with Gasteiger partial charge in [-0.05, 0) is 30.4 Å². The first kappa shape index (κ1) is 20.5. The first-order chi connectivity index (χ1) is 13.5. The van der Waals surface area contributed by atoms with E-state index in [2.05, 4.69) is 35.5 Å². The van der Waals surface area contributed by atoms with Gasteiger partial charge in [-0.3, -0.25) is 14.2 Å². The van der Waals surface area contributed by atoms with Crippen molar-refractivity contribution in [1.82, 2.24) is 14.5 Å². The van der Waals surface area contributed by atoms with Crippen LogP contribution in [0.3, 0.4) is 0 Å². The van der Waals surface area contributed by atoms with Crippen LogP contribution in [0.15, 0.2) is 41.8 Å². The van der Waals surface area contributed by atoms with Crippen molar-refractivity contribution in [3.63, 3.8) is 0 Å². The molecule has 6 nitrogen and oxygen atoms in total. The van der Waals surface area contributed by atoms with E-state index in [0.29, 0.717) is 37.6 Å². The van der Waals surface area contributed by atoms with Crippen LogP contribution in [0, 0.1) is 5.92 Å². The number of piperidine rings is 1. The summed E-state index contributed by atoms with van der Waals surface area (Å²) in [6.45, 7) is 5.54. The monoisotopic (exact) mass is 401 g/mol. The zero-order valence-electron chi connectivity index (χ0n) is 16.6. The molecule has 1 aliphatic heterocycles. The Morgan fingerprint density at radius 1 is 1.25 bits per heavy atom. The third-order valence-electron chi connectivity index (χ3n) is 5.13. The summed E-state index contributed by atoms with van der Waals surface area (Å²) in [6, 6.07) is 8.28. The summed E-state index contributed by atoms with van der Waals surface area (Å²) < 4.78 is 6.86. The van der Waals surface area contributed by atoms with E-state index < -0.39 is 0 Å². The molecule has 1 aromatic carbocycles. The molecule has 0 radical (unpaired) electrons. The maximum Gasteiger partial charge on any atom is 0.308 e. The van der Waals surface area contributed by atoms with Gasteiger partial charge in [-0.2, -0.15) is 0 Å². The first-order valence-corrected chi connectivity index (χ1v) is 10.6. The molecule has 1 fully saturated rings. The number of para-hydroxylation sites is 1. The number of thioether (sulfide) groups is 1. The van der Waals surface area contributed by atoms with Crippen molar-refractivity contribution in [1.29, 1.82) is 0 Å². The molecule has 1 aliphatic rings. The van der Waals surface area contributed by atoms with Gasteiger partial charge in [0.25, 0.3) is 0 Å². The average molecular weight is 402 g/mol. The molecule has 3 rings (SSSR count). The topological polar surface area (TPSA) is 64.4 Å². The normalized spacial score (nSPS) is 15.1. The number of amides is 1. The lowest BCUT2D eigenvalue weighted by Gasteiger charge is -2.30. The highest BCUT2D eigenvalue weighted by Gasteiger charge is 2.28. The van der Waals surface area contributed by atoms with Crippen molar-refractivity contribution >= 4 is 23.6 Å². The molecule has 0 unspecified atom stereocenters. The zero-order chi connectivity index (χ0) is 20.1. The van der Waals surface area contributed by atoms with Crippen LogP contribution in [0.2, 0.25) is 0 Å². The maximum absolute atomic E-state index is 12.6. The molecule has 1 saturated heterocycles. The lowest BCUT2D eigenvalue weighted by Crippen LogP contribution is -2.41. The van der Waals surface area contributed by atoms with E-state index >= 15 is 0 Å². The Hall–Kier alpha value is -2.28. The molecule has 0 bridgehead atoms. The number of benzene rings is 1. The molecule has 0 aliphatic carbocycles. The Balaban J connectivity index is 1.62. The fourth-order valence-electron chi connectivity index (χ4n) is 3.52. The summed E-state index contributed by atoms with van der Waals surface area (Å²) in [5, 5.41) is 0.811. The van der Waals surface area contributed by atoms with E-state index in [-0.39, 0.29) is 17.8 Å². The van der Waals surface area contributed by atoms with Gasteiger partial charge in [0, 0.05) is 25.5 Å². The molecule has 2 aromatic rings. The molecule has 0 saturated carbocycles. The minimum Gasteiger partial charge on any atom is -0.469 e. The summed E-state index contributed by atoms with van der Waals surface area (Å²) >= 11 is 1.45. The third-order valence-corrected chi connectivity index (χ3v) is 6.08. The number of nitrogens with zero attached hydrogens (tertiary/aromatic N) is 3. The predicted octanol–water partition coefficient (Wildman–Crippen LogP) is 3.50. The molecule has 1 amide bonds. The number of imidazole rings is 1. The average Bonchev–Trinajstić information content (AvgIpc) is 3.20. The van der Waals surface area contributed by atoms with Gasteiger partial charge < -0.3 is 9.64 Å². The smallest absolute Gasteiger partial charge is 0.308 e. The van der Waals surface area contributed by atoms with Crippen LogP contribution in [-0.4, -0.2) is 52.3 Å². The lowest BCUT2D eigenvalue weighted by atomic mass is 9.97. The van der Waals surface area contributed by atoms with Crippen LogP contribution < -0.4 is 0 Å². The molecule has 1 aromatic heterocycles. The number of carbonyl (C=O) groups is 2. The van der Waals surface area contributed by atoms with Gasteiger partial charge in [0.2, 0.25) is 5.91 Å². The van der Waals surface area contributed by atoms with Crippen molar-refractivity contribution < 1.29 is 14.3 Å². The molecule has 2 heterocycles. The Labute approximate surface area is 170 Å². The molecular formula is C21H27N3O3S. The van der Waals surface area contributed by atoms with Gasteiger partial charge in [0.1, 0.15) is 0 Å². The number of esters is 1. The number of carbonyl (C=O) groups excluding carboxylic acids is 2. The van der Waals surface area contributed by atoms with E-state index in [9.17, 15) is 9.59 Å². The van der Waals surface area contributed by atoms with Crippen LogP contribution in [0.5, 0.6) is 0 Å². The number of ether oxygens (including phenoxy) is 1. The molecule has 28 heavy (non-hydrogen) atoms. The van der Waals surface area contributed by atoms with Crippen LogP contribution in [0.4, 0.5) is 0 Å². The Morgan fingerprint density at radius 2 is 1.96 bits per heavy atom. The predicted molar refractivity (Wildman–Crippen MR) is 110 cm³/mol. The maximum atomic E-state index is 12.6. The highest BCUT2D eigenvalue weighted by Crippen LogP contribution is 2.27. The fraction of sp³-hybridized carbons (Fsp3) is 0.476. The number of rotatable bonds is 6. The number of methoxy groups -OCH3 is 1. The largest absolute Gasteiger partial charge is 0.469 e. The number of hydrogen-bond donors (Lipinski definition) is 0. The van der Waals surface area contributed by atoms with E-state index in [1.54, 1.807) is 6.20 Å². The van der Waals surface area contributed by atoms with Crippen molar-refractivity contribution in [2.24, 2.45) is 5.92 Å². The van der Waals surface area contributed by atoms with Crippen molar-refractivity contribution in [3.05, 3.63) is 42.2 Å². The molecular weight excluding hydrogens is 374 g/mol. The summed E-state index contributed by atoms with van der Waals surface area (Å²) in [7, 11) is 1.41. The van der Waals surface area contributed by atoms with Gasteiger partial charge in [-0.15, -0.1) is 0 Å². The molecule has 0 spiro atoms. The highest BCUT2D eigenvalue weighted by atomic mass is 32.2. The standard InChI is InChI=1S/C21H27N3O3S/c1-15(2)17-6-4-5-7-18(17)24-13-10-22-21(24)28-14-19(25)23-11-8-16(9-12-23)20(26)27-3/h4-7,10,13,15-16H,8-9,11-12,14H2,1-3H3. The van der Waals surface area contributed by atoms with E-state index in [0.717, 1.165) is 10.8 Å². The molecule has 0 N–H and O–H groups in total. The van der Waals surface area contributed by atoms with Gasteiger partial charge in [0.15, 0.2) is 5.16 Å². The van der Waals surface area contributed by atoms with Crippen LogP contribution >= 0.6 is 11.8 Å². The van der Waals surface area contributed by atoms with E-state index in [4.69, 9.17) is 4.74 Å². The quantitative estimate of drug-likeness (QED) is 0.548. The van der Waals surface area contributed by atoms with Gasteiger partial charge in [-0.25, -0.2) is 4.98 Å². The van der Waals surface area contributed by atoms with Gasteiger partial charge in [-0.1, -0.05) is 43.8 Å². The first-order valence-electron chi connectivity index (χ1n) is 9.62. The zero-order valence-corrected chi connectivity index (χ0v) is 17.4. The lowest BCUT2D eigenvalue weighted by molar-refractivity contribution is -0.148. The summed E-state index contributed by atoms with van der Waals surface area (Å²) in [4.78, 5) is 30.5. The number of aromatic nitrogens is 2. The number of likely N-dealkylation sites (tertiary alicyclic amines) is 1. The summed E-state index contributed by atoms with van der Waals surface area (Å²) in [5.41, 5.74) is 2.35. The fourth-order valence-corrected chi connectivity index (χ4v) is 4.39. The summed E-state index contributed by atoms with van der Waals surface area (Å²) in [5.74, 6) is 0.554. The van der Waals surface area contributed by atoms with E-state index in [1.807, 2.05) is 23.2 Å². The molecule has 150 valence electrons. The van der Waals surface area contributed by atoms with Crippen molar-refractivity contribution in [3.8, 4) is 5.69 Å². The second-order valence-electron chi connectivity index (χ2n) is 7.26. The highest BCUT2D eigenvalue weighted by molar-refractivity contribution is 7.99. The third kappa shape index (κ3) is 4.58. The van der Waals surface area contributed by atoms with Crippen LogP contribution in [-0.2, 0) is 14.3 Å². The van der Waals surface area contributed by atoms with Gasteiger partial charge >= 0.3 is 5.97 Å². The van der Waals surface area contributed by atoms with Crippen molar-refractivity contribution in [2.75, 3.05) is 26.0 Å². The Morgan fingerprint density at radius 3 is 2.64 bits per heavy atom. The van der Waals surface area contributed by atoms with Gasteiger partial charge in [0.05, 0.1) is 24.5 Å². The number of hydrogen-bond acceptors (Lipinski definition) is 5. The minimum absolute atomic E-state index is 0.0833. The van der Waals surface area contributed by atoms with Crippen LogP contribution in [0.1, 0.15) is 38.2 Å².